The highest BCUT2D eigenvalue weighted by Crippen LogP contribution is 2.44. The molecule has 0 aromatic heterocycles. The Kier molecular flexibility index (Phi) is 6.32. The summed E-state index contributed by atoms with van der Waals surface area (Å²) in [6.45, 7) is 0.103. The van der Waals surface area contributed by atoms with Crippen molar-refractivity contribution in [2.75, 3.05) is 13.7 Å². The molecular formula is C25H22ClNO5. The van der Waals surface area contributed by atoms with Crippen molar-refractivity contribution in [3.63, 3.8) is 0 Å². The lowest BCUT2D eigenvalue weighted by Crippen LogP contribution is -2.43. The van der Waals surface area contributed by atoms with Gasteiger partial charge in [0.25, 0.3) is 0 Å². The summed E-state index contributed by atoms with van der Waals surface area (Å²) in [5, 5.41) is 12.4. The summed E-state index contributed by atoms with van der Waals surface area (Å²) in [6, 6.07) is 19.8. The molecule has 0 heterocycles. The van der Waals surface area contributed by atoms with Gasteiger partial charge in [-0.1, -0.05) is 60.1 Å². The summed E-state index contributed by atoms with van der Waals surface area (Å²) < 4.78 is 10.6. The third kappa shape index (κ3) is 4.41. The number of carboxylic acid groups (broad SMARTS) is 1. The molecular weight excluding hydrogens is 430 g/mol. The van der Waals surface area contributed by atoms with E-state index in [-0.39, 0.29) is 18.9 Å². The van der Waals surface area contributed by atoms with E-state index in [0.29, 0.717) is 16.3 Å². The van der Waals surface area contributed by atoms with E-state index < -0.39 is 18.1 Å². The van der Waals surface area contributed by atoms with Gasteiger partial charge < -0.3 is 19.9 Å². The number of ether oxygens (including phenoxy) is 2. The number of carbonyl (C=O) groups is 2. The summed E-state index contributed by atoms with van der Waals surface area (Å²) in [6.07, 6.45) is -0.798. The van der Waals surface area contributed by atoms with Crippen molar-refractivity contribution in [2.24, 2.45) is 0 Å². The second kappa shape index (κ2) is 9.32. The standard InChI is InChI=1S/C25H22ClNO5/c1-31-16-10-11-22(26)15(12-16)13-23(24(28)29)27-25(30)32-14-21-19-8-4-2-6-17(19)18-7-3-5-9-20(18)21/h2-12,21,23H,13-14H2,1H3,(H,27,30)(H,28,29)/t23-/m0/s1. The molecule has 0 spiro atoms. The molecule has 164 valence electrons. The van der Waals surface area contributed by atoms with E-state index in [0.717, 1.165) is 22.3 Å². The first-order chi connectivity index (χ1) is 15.5. The number of amides is 1. The van der Waals surface area contributed by atoms with Gasteiger partial charge in [0.1, 0.15) is 18.4 Å². The largest absolute Gasteiger partial charge is 0.497 e. The summed E-state index contributed by atoms with van der Waals surface area (Å²) in [5.74, 6) is -0.740. The smallest absolute Gasteiger partial charge is 0.407 e. The lowest BCUT2D eigenvalue weighted by atomic mass is 9.98. The normalized spacial score (nSPS) is 13.1. The van der Waals surface area contributed by atoms with E-state index >= 15 is 0 Å². The van der Waals surface area contributed by atoms with Crippen molar-refractivity contribution in [3.05, 3.63) is 88.4 Å². The number of aliphatic carboxylic acids is 1. The molecule has 3 aromatic carbocycles. The minimum absolute atomic E-state index is 0.00440. The maximum atomic E-state index is 12.5. The van der Waals surface area contributed by atoms with Crippen molar-refractivity contribution < 1.29 is 24.2 Å². The number of methoxy groups -OCH3 is 1. The summed E-state index contributed by atoms with van der Waals surface area (Å²) in [5.41, 5.74) is 4.96. The number of hydrogen-bond donors (Lipinski definition) is 2. The van der Waals surface area contributed by atoms with Crippen molar-refractivity contribution in [1.82, 2.24) is 5.32 Å². The zero-order valence-electron chi connectivity index (χ0n) is 17.4. The fourth-order valence-electron chi connectivity index (χ4n) is 4.04. The Morgan fingerprint density at radius 2 is 1.66 bits per heavy atom. The second-order valence-electron chi connectivity index (χ2n) is 7.52. The number of nitrogens with one attached hydrogen (secondary N) is 1. The van der Waals surface area contributed by atoms with Crippen LogP contribution in [-0.4, -0.2) is 36.9 Å². The van der Waals surface area contributed by atoms with Gasteiger partial charge in [0, 0.05) is 17.4 Å². The van der Waals surface area contributed by atoms with E-state index in [1.807, 2.05) is 48.5 Å². The molecule has 6 nitrogen and oxygen atoms in total. The molecule has 0 aliphatic heterocycles. The SMILES string of the molecule is COc1ccc(Cl)c(C[C@H](NC(=O)OCC2c3ccccc3-c3ccccc32)C(=O)O)c1. The lowest BCUT2D eigenvalue weighted by Gasteiger charge is -2.18. The minimum Gasteiger partial charge on any atom is -0.497 e. The second-order valence-corrected chi connectivity index (χ2v) is 7.93. The Morgan fingerprint density at radius 3 is 2.25 bits per heavy atom. The lowest BCUT2D eigenvalue weighted by molar-refractivity contribution is -0.139. The number of carbonyl (C=O) groups excluding carboxylic acids is 1. The first-order valence-corrected chi connectivity index (χ1v) is 10.5. The topological polar surface area (TPSA) is 84.9 Å². The number of hydrogen-bond acceptors (Lipinski definition) is 4. The number of halogens is 1. The molecule has 0 unspecified atom stereocenters. The molecule has 1 aliphatic carbocycles. The molecule has 1 aliphatic rings. The highest BCUT2D eigenvalue weighted by molar-refractivity contribution is 6.31. The van der Waals surface area contributed by atoms with Gasteiger partial charge in [-0.05, 0) is 46.0 Å². The molecule has 0 fully saturated rings. The van der Waals surface area contributed by atoms with Gasteiger partial charge >= 0.3 is 12.1 Å². The summed E-state index contributed by atoms with van der Waals surface area (Å²) in [7, 11) is 1.51. The van der Waals surface area contributed by atoms with Crippen molar-refractivity contribution >= 4 is 23.7 Å². The van der Waals surface area contributed by atoms with Gasteiger partial charge in [-0.15, -0.1) is 0 Å². The van der Waals surface area contributed by atoms with Crippen molar-refractivity contribution in [2.45, 2.75) is 18.4 Å². The van der Waals surface area contributed by atoms with E-state index in [1.54, 1.807) is 18.2 Å². The molecule has 3 aromatic rings. The Hall–Kier alpha value is -3.51. The van der Waals surface area contributed by atoms with E-state index in [9.17, 15) is 14.7 Å². The zero-order chi connectivity index (χ0) is 22.7. The maximum Gasteiger partial charge on any atom is 0.407 e. The van der Waals surface area contributed by atoms with E-state index in [2.05, 4.69) is 5.32 Å². The average Bonchev–Trinajstić information content (AvgIpc) is 3.12. The van der Waals surface area contributed by atoms with Gasteiger partial charge in [-0.2, -0.15) is 0 Å². The molecule has 4 rings (SSSR count). The quantitative estimate of drug-likeness (QED) is 0.534. The molecule has 0 bridgehead atoms. The molecule has 32 heavy (non-hydrogen) atoms. The van der Waals surface area contributed by atoms with Crippen molar-refractivity contribution in [3.8, 4) is 16.9 Å². The van der Waals surface area contributed by atoms with Crippen LogP contribution in [0.25, 0.3) is 11.1 Å². The minimum atomic E-state index is -1.20. The Bertz CT molecular complexity index is 1120. The molecule has 7 heteroatoms. The summed E-state index contributed by atoms with van der Waals surface area (Å²) >= 11 is 6.19. The fraction of sp³-hybridized carbons (Fsp3) is 0.200. The van der Waals surface area contributed by atoms with Crippen LogP contribution < -0.4 is 10.1 Å². The highest BCUT2D eigenvalue weighted by atomic mass is 35.5. The predicted octanol–water partition coefficient (Wildman–Crippen LogP) is 4.88. The molecule has 1 amide bonds. The number of fused-ring (bicyclic) bond motifs is 3. The Balaban J connectivity index is 1.44. The molecule has 2 N–H and O–H groups in total. The number of benzene rings is 3. The first-order valence-electron chi connectivity index (χ1n) is 10.1. The van der Waals surface area contributed by atoms with Crippen LogP contribution in [0, 0.1) is 0 Å². The fourth-order valence-corrected chi connectivity index (χ4v) is 4.23. The number of carboxylic acids is 1. The monoisotopic (exact) mass is 451 g/mol. The highest BCUT2D eigenvalue weighted by Gasteiger charge is 2.30. The zero-order valence-corrected chi connectivity index (χ0v) is 18.1. The first kappa shape index (κ1) is 21.7. The molecule has 1 atom stereocenters. The number of alkyl carbamates (subject to hydrolysis) is 1. The predicted molar refractivity (Wildman–Crippen MR) is 121 cm³/mol. The van der Waals surface area contributed by atoms with Gasteiger partial charge in [0.15, 0.2) is 0 Å². The van der Waals surface area contributed by atoms with Crippen LogP contribution in [-0.2, 0) is 16.0 Å². The average molecular weight is 452 g/mol. The van der Waals surface area contributed by atoms with Crippen LogP contribution in [0.5, 0.6) is 5.75 Å². The van der Waals surface area contributed by atoms with Gasteiger partial charge in [0.05, 0.1) is 7.11 Å². The van der Waals surface area contributed by atoms with Crippen LogP contribution in [0.3, 0.4) is 0 Å². The molecule has 0 saturated heterocycles. The van der Waals surface area contributed by atoms with Gasteiger partial charge in [-0.3, -0.25) is 0 Å². The van der Waals surface area contributed by atoms with Crippen molar-refractivity contribution in [1.29, 1.82) is 0 Å². The Labute approximate surface area is 190 Å². The number of rotatable bonds is 7. The van der Waals surface area contributed by atoms with Crippen LogP contribution in [0.15, 0.2) is 66.7 Å². The molecule has 0 saturated carbocycles. The molecule has 0 radical (unpaired) electrons. The van der Waals surface area contributed by atoms with Crippen LogP contribution >= 0.6 is 11.6 Å². The third-order valence-electron chi connectivity index (χ3n) is 5.61. The van der Waals surface area contributed by atoms with Gasteiger partial charge in [-0.25, -0.2) is 9.59 Å². The maximum absolute atomic E-state index is 12.5. The van der Waals surface area contributed by atoms with Crippen LogP contribution in [0.4, 0.5) is 4.79 Å². The Morgan fingerprint density at radius 1 is 1.03 bits per heavy atom. The van der Waals surface area contributed by atoms with E-state index in [4.69, 9.17) is 21.1 Å². The van der Waals surface area contributed by atoms with Crippen LogP contribution in [0.1, 0.15) is 22.6 Å². The van der Waals surface area contributed by atoms with Gasteiger partial charge in [0.2, 0.25) is 0 Å². The third-order valence-corrected chi connectivity index (χ3v) is 5.98. The summed E-state index contributed by atoms with van der Waals surface area (Å²) in [4.78, 5) is 24.2. The van der Waals surface area contributed by atoms with E-state index in [1.165, 1.54) is 7.11 Å². The van der Waals surface area contributed by atoms with Crippen LogP contribution in [0.2, 0.25) is 5.02 Å².